The van der Waals surface area contributed by atoms with Gasteiger partial charge in [0.25, 0.3) is 0 Å². The number of ether oxygens (including phenoxy) is 1. The van der Waals surface area contributed by atoms with Gasteiger partial charge in [-0.1, -0.05) is 0 Å². The van der Waals surface area contributed by atoms with Crippen LogP contribution in [0.1, 0.15) is 20.3 Å². The van der Waals surface area contributed by atoms with Gasteiger partial charge in [0, 0.05) is 19.2 Å². The van der Waals surface area contributed by atoms with Gasteiger partial charge in [-0.05, 0) is 20.3 Å². The van der Waals surface area contributed by atoms with E-state index in [0.29, 0.717) is 26.2 Å². The molecule has 15 heavy (non-hydrogen) atoms. The molecule has 0 aromatic rings. The van der Waals surface area contributed by atoms with Crippen LogP contribution in [0.2, 0.25) is 0 Å². The van der Waals surface area contributed by atoms with Gasteiger partial charge in [-0.25, -0.2) is 0 Å². The standard InChI is InChI=1S/C10H20N2O3/c1-3-15-6-7(2)12-10(14)9-4-8(13)5-11-9/h7-9,11,13H,3-6H2,1-2H3,(H,12,14). The van der Waals surface area contributed by atoms with E-state index >= 15 is 0 Å². The lowest BCUT2D eigenvalue weighted by atomic mass is 10.2. The van der Waals surface area contributed by atoms with E-state index in [1.807, 2.05) is 13.8 Å². The maximum atomic E-state index is 11.6. The molecular weight excluding hydrogens is 196 g/mol. The topological polar surface area (TPSA) is 70.6 Å². The van der Waals surface area contributed by atoms with Crippen molar-refractivity contribution in [3.63, 3.8) is 0 Å². The van der Waals surface area contributed by atoms with Crippen molar-refractivity contribution in [1.29, 1.82) is 0 Å². The number of carbonyl (C=O) groups is 1. The van der Waals surface area contributed by atoms with E-state index < -0.39 is 6.10 Å². The molecule has 5 heteroatoms. The molecule has 0 radical (unpaired) electrons. The first-order valence-corrected chi connectivity index (χ1v) is 5.43. The van der Waals surface area contributed by atoms with Crippen molar-refractivity contribution in [2.24, 2.45) is 0 Å². The molecule has 1 aliphatic heterocycles. The Hall–Kier alpha value is -0.650. The molecule has 0 aromatic carbocycles. The summed E-state index contributed by atoms with van der Waals surface area (Å²) in [5.41, 5.74) is 0. The summed E-state index contributed by atoms with van der Waals surface area (Å²) in [5, 5.41) is 15.1. The highest BCUT2D eigenvalue weighted by Crippen LogP contribution is 2.06. The number of amides is 1. The van der Waals surface area contributed by atoms with Crippen LogP contribution < -0.4 is 10.6 Å². The van der Waals surface area contributed by atoms with Crippen LogP contribution in [0.15, 0.2) is 0 Å². The van der Waals surface area contributed by atoms with Gasteiger partial charge in [-0.3, -0.25) is 4.79 Å². The summed E-state index contributed by atoms with van der Waals surface area (Å²) in [6, 6.07) is -0.249. The zero-order valence-electron chi connectivity index (χ0n) is 9.32. The molecule has 1 fully saturated rings. The van der Waals surface area contributed by atoms with E-state index in [1.54, 1.807) is 0 Å². The van der Waals surface area contributed by atoms with Crippen molar-refractivity contribution in [3.8, 4) is 0 Å². The molecule has 0 aromatic heterocycles. The van der Waals surface area contributed by atoms with Gasteiger partial charge in [-0.15, -0.1) is 0 Å². The van der Waals surface area contributed by atoms with Gasteiger partial charge in [0.05, 0.1) is 18.8 Å². The van der Waals surface area contributed by atoms with E-state index in [1.165, 1.54) is 0 Å². The molecule has 1 aliphatic rings. The molecule has 1 rings (SSSR count). The maximum absolute atomic E-state index is 11.6. The molecule has 3 N–H and O–H groups in total. The van der Waals surface area contributed by atoms with Crippen molar-refractivity contribution in [2.45, 2.75) is 38.5 Å². The summed E-state index contributed by atoms with van der Waals surface area (Å²) in [7, 11) is 0. The number of hydrogen-bond donors (Lipinski definition) is 3. The summed E-state index contributed by atoms with van der Waals surface area (Å²) < 4.78 is 5.20. The summed E-state index contributed by atoms with van der Waals surface area (Å²) in [5.74, 6) is -0.0567. The fraction of sp³-hybridized carbons (Fsp3) is 0.900. The third-order valence-electron chi connectivity index (χ3n) is 2.38. The lowest BCUT2D eigenvalue weighted by molar-refractivity contribution is -0.124. The first-order chi connectivity index (χ1) is 7.13. The van der Waals surface area contributed by atoms with E-state index in [4.69, 9.17) is 4.74 Å². The lowest BCUT2D eigenvalue weighted by Crippen LogP contribution is -2.45. The van der Waals surface area contributed by atoms with Gasteiger partial charge in [0.2, 0.25) is 5.91 Å². The number of nitrogens with one attached hydrogen (secondary N) is 2. The second-order valence-corrected chi connectivity index (χ2v) is 3.92. The zero-order chi connectivity index (χ0) is 11.3. The highest BCUT2D eigenvalue weighted by atomic mass is 16.5. The van der Waals surface area contributed by atoms with Gasteiger partial charge in [0.1, 0.15) is 0 Å². The quantitative estimate of drug-likeness (QED) is 0.565. The van der Waals surface area contributed by atoms with Crippen LogP contribution in [-0.4, -0.2) is 49.0 Å². The largest absolute Gasteiger partial charge is 0.392 e. The van der Waals surface area contributed by atoms with Crippen LogP contribution in [-0.2, 0) is 9.53 Å². The van der Waals surface area contributed by atoms with Crippen molar-refractivity contribution in [2.75, 3.05) is 19.8 Å². The molecule has 1 amide bonds. The number of hydrogen-bond acceptors (Lipinski definition) is 4. The van der Waals surface area contributed by atoms with Gasteiger partial charge in [0.15, 0.2) is 0 Å². The minimum absolute atomic E-state index is 0.0111. The Labute approximate surface area is 90.2 Å². The Morgan fingerprint density at radius 1 is 1.73 bits per heavy atom. The average Bonchev–Trinajstić information content (AvgIpc) is 2.61. The van der Waals surface area contributed by atoms with E-state index in [0.717, 1.165) is 0 Å². The molecule has 0 aliphatic carbocycles. The van der Waals surface area contributed by atoms with Crippen molar-refractivity contribution < 1.29 is 14.6 Å². The first-order valence-electron chi connectivity index (χ1n) is 5.43. The lowest BCUT2D eigenvalue weighted by Gasteiger charge is -2.16. The highest BCUT2D eigenvalue weighted by Gasteiger charge is 2.28. The number of aliphatic hydroxyl groups excluding tert-OH is 1. The molecule has 5 nitrogen and oxygen atoms in total. The smallest absolute Gasteiger partial charge is 0.237 e. The number of aliphatic hydroxyl groups is 1. The zero-order valence-corrected chi connectivity index (χ0v) is 9.32. The predicted octanol–water partition coefficient (Wildman–Crippen LogP) is -0.750. The number of β-amino-alcohol motifs (C(OH)–C–C–N with tert-alkyl or cyclic N) is 1. The third kappa shape index (κ3) is 4.15. The summed E-state index contributed by atoms with van der Waals surface area (Å²) >= 11 is 0. The first kappa shape index (κ1) is 12.4. The molecule has 3 atom stereocenters. The molecule has 3 unspecified atom stereocenters. The maximum Gasteiger partial charge on any atom is 0.237 e. The molecule has 0 spiro atoms. The highest BCUT2D eigenvalue weighted by molar-refractivity contribution is 5.82. The normalized spacial score (nSPS) is 27.7. The second-order valence-electron chi connectivity index (χ2n) is 3.92. The molecule has 0 bridgehead atoms. The Morgan fingerprint density at radius 2 is 2.47 bits per heavy atom. The van der Waals surface area contributed by atoms with E-state index in [-0.39, 0.29) is 18.0 Å². The Morgan fingerprint density at radius 3 is 3.00 bits per heavy atom. The van der Waals surface area contributed by atoms with Gasteiger partial charge in [-0.2, -0.15) is 0 Å². The van der Waals surface area contributed by atoms with Gasteiger partial charge >= 0.3 is 0 Å². The van der Waals surface area contributed by atoms with Crippen molar-refractivity contribution in [1.82, 2.24) is 10.6 Å². The Bertz CT molecular complexity index is 211. The van der Waals surface area contributed by atoms with Crippen molar-refractivity contribution >= 4 is 5.91 Å². The Balaban J connectivity index is 2.23. The fourth-order valence-corrected chi connectivity index (χ4v) is 1.60. The van der Waals surface area contributed by atoms with E-state index in [9.17, 15) is 9.90 Å². The van der Waals surface area contributed by atoms with Crippen LogP contribution in [0.5, 0.6) is 0 Å². The summed E-state index contributed by atoms with van der Waals surface area (Å²) in [6.07, 6.45) is 0.0932. The van der Waals surface area contributed by atoms with Gasteiger partial charge < -0.3 is 20.5 Å². The van der Waals surface area contributed by atoms with Crippen LogP contribution in [0.4, 0.5) is 0 Å². The predicted molar refractivity (Wildman–Crippen MR) is 56.5 cm³/mol. The fourth-order valence-electron chi connectivity index (χ4n) is 1.60. The third-order valence-corrected chi connectivity index (χ3v) is 2.38. The molecule has 0 saturated carbocycles. The number of carbonyl (C=O) groups excluding carboxylic acids is 1. The molecule has 1 saturated heterocycles. The second kappa shape index (κ2) is 6.05. The molecule has 1 heterocycles. The SMILES string of the molecule is CCOCC(C)NC(=O)C1CC(O)CN1. The Kier molecular flexibility index (Phi) is 5.01. The van der Waals surface area contributed by atoms with Crippen LogP contribution >= 0.6 is 0 Å². The van der Waals surface area contributed by atoms with E-state index in [2.05, 4.69) is 10.6 Å². The monoisotopic (exact) mass is 216 g/mol. The average molecular weight is 216 g/mol. The summed E-state index contributed by atoms with van der Waals surface area (Å²) in [6.45, 7) is 5.50. The minimum atomic E-state index is -0.400. The van der Waals surface area contributed by atoms with Crippen LogP contribution in [0, 0.1) is 0 Å². The minimum Gasteiger partial charge on any atom is -0.392 e. The van der Waals surface area contributed by atoms with Crippen LogP contribution in [0.3, 0.4) is 0 Å². The molecular formula is C10H20N2O3. The number of rotatable bonds is 5. The van der Waals surface area contributed by atoms with Crippen LogP contribution in [0.25, 0.3) is 0 Å². The van der Waals surface area contributed by atoms with Crippen molar-refractivity contribution in [3.05, 3.63) is 0 Å². The molecule has 88 valence electrons. The summed E-state index contributed by atoms with van der Waals surface area (Å²) in [4.78, 5) is 11.6.